The molecule has 1 heterocycles. The van der Waals surface area contributed by atoms with E-state index < -0.39 is 6.04 Å². The van der Waals surface area contributed by atoms with Gasteiger partial charge in [0, 0.05) is 18.0 Å². The molecule has 2 unspecified atom stereocenters. The second-order valence-electron chi connectivity index (χ2n) is 9.94. The van der Waals surface area contributed by atoms with Gasteiger partial charge in [0.05, 0.1) is 0 Å². The van der Waals surface area contributed by atoms with E-state index in [1.807, 2.05) is 13.8 Å². The van der Waals surface area contributed by atoms with E-state index in [9.17, 15) is 9.59 Å². The minimum atomic E-state index is -0.419. The van der Waals surface area contributed by atoms with Gasteiger partial charge in [-0.25, -0.2) is 0 Å². The number of carbonyl (C=O) groups is 2. The summed E-state index contributed by atoms with van der Waals surface area (Å²) >= 11 is 0. The average Bonchev–Trinajstić information content (AvgIpc) is 2.58. The lowest BCUT2D eigenvalue weighted by Gasteiger charge is -2.55. The highest BCUT2D eigenvalue weighted by molar-refractivity contribution is 5.90. The zero-order valence-corrected chi connectivity index (χ0v) is 16.4. The lowest BCUT2D eigenvalue weighted by Crippen LogP contribution is -2.59. The summed E-state index contributed by atoms with van der Waals surface area (Å²) in [5.74, 6) is 2.48. The molecule has 5 aliphatic rings. The van der Waals surface area contributed by atoms with Gasteiger partial charge in [0.15, 0.2) is 0 Å². The molecular formula is C21H35N3O2. The second kappa shape index (κ2) is 7.14. The molecule has 5 heteroatoms. The van der Waals surface area contributed by atoms with Crippen LogP contribution in [-0.2, 0) is 9.59 Å². The van der Waals surface area contributed by atoms with Gasteiger partial charge >= 0.3 is 0 Å². The quantitative estimate of drug-likeness (QED) is 0.703. The van der Waals surface area contributed by atoms with Crippen molar-refractivity contribution in [3.05, 3.63) is 0 Å². The van der Waals surface area contributed by atoms with Gasteiger partial charge in [-0.15, -0.1) is 0 Å². The Balaban J connectivity index is 1.41. The third-order valence-corrected chi connectivity index (χ3v) is 7.40. The minimum absolute atomic E-state index is 0.00761. The Hall–Kier alpha value is -1.10. The first-order valence-corrected chi connectivity index (χ1v) is 10.8. The highest BCUT2D eigenvalue weighted by Crippen LogP contribution is 2.60. The average molecular weight is 362 g/mol. The predicted octanol–water partition coefficient (Wildman–Crippen LogP) is 2.21. The van der Waals surface area contributed by atoms with Crippen LogP contribution in [0.3, 0.4) is 0 Å². The number of amides is 2. The molecule has 0 aromatic rings. The van der Waals surface area contributed by atoms with Crippen LogP contribution in [0, 0.1) is 29.1 Å². The summed E-state index contributed by atoms with van der Waals surface area (Å²) in [6, 6.07) is -0.230. The van der Waals surface area contributed by atoms with Crippen LogP contribution in [0.25, 0.3) is 0 Å². The van der Waals surface area contributed by atoms with E-state index in [0.717, 1.165) is 62.9 Å². The van der Waals surface area contributed by atoms with Crippen molar-refractivity contribution < 1.29 is 9.59 Å². The highest BCUT2D eigenvalue weighted by atomic mass is 16.2. The molecule has 1 aliphatic heterocycles. The van der Waals surface area contributed by atoms with E-state index in [2.05, 4.69) is 16.0 Å². The first-order chi connectivity index (χ1) is 12.4. The maximum absolute atomic E-state index is 13.3. The molecule has 0 aromatic carbocycles. The van der Waals surface area contributed by atoms with Crippen LogP contribution in [0.15, 0.2) is 0 Å². The fourth-order valence-corrected chi connectivity index (χ4v) is 6.48. The predicted molar refractivity (Wildman–Crippen MR) is 101 cm³/mol. The normalized spacial score (nSPS) is 39.7. The minimum Gasteiger partial charge on any atom is -0.350 e. The number of piperidine rings is 1. The molecule has 4 bridgehead atoms. The van der Waals surface area contributed by atoms with Crippen LogP contribution in [-0.4, -0.2) is 37.0 Å². The summed E-state index contributed by atoms with van der Waals surface area (Å²) in [5.41, 5.74) is -0.186. The highest BCUT2D eigenvalue weighted by Gasteiger charge is 2.55. The SMILES string of the molecule is CC(C)C(NC(=O)C12CC3CC(CC(C3)C1)C2)C(=O)NC1CCCNC1. The molecule has 3 N–H and O–H groups in total. The largest absolute Gasteiger partial charge is 0.350 e. The summed E-state index contributed by atoms with van der Waals surface area (Å²) in [6.07, 6.45) is 9.24. The summed E-state index contributed by atoms with van der Waals surface area (Å²) < 4.78 is 0. The van der Waals surface area contributed by atoms with E-state index in [1.54, 1.807) is 0 Å². The van der Waals surface area contributed by atoms with Crippen molar-refractivity contribution in [1.29, 1.82) is 0 Å². The lowest BCUT2D eigenvalue weighted by molar-refractivity contribution is -0.149. The molecule has 26 heavy (non-hydrogen) atoms. The molecule has 4 saturated carbocycles. The molecule has 0 spiro atoms. The van der Waals surface area contributed by atoms with Crippen molar-refractivity contribution in [2.45, 2.75) is 77.3 Å². The summed E-state index contributed by atoms with van der Waals surface area (Å²) in [7, 11) is 0. The van der Waals surface area contributed by atoms with Crippen LogP contribution in [0.1, 0.15) is 65.2 Å². The number of rotatable bonds is 5. The molecule has 2 amide bonds. The van der Waals surface area contributed by atoms with Crippen LogP contribution >= 0.6 is 0 Å². The van der Waals surface area contributed by atoms with Crippen molar-refractivity contribution in [2.24, 2.45) is 29.1 Å². The smallest absolute Gasteiger partial charge is 0.243 e. The van der Waals surface area contributed by atoms with Crippen LogP contribution in [0.2, 0.25) is 0 Å². The van der Waals surface area contributed by atoms with Gasteiger partial charge in [-0.1, -0.05) is 13.8 Å². The second-order valence-corrected chi connectivity index (χ2v) is 9.94. The Bertz CT molecular complexity index is 518. The monoisotopic (exact) mass is 361 g/mol. The molecule has 5 nitrogen and oxygen atoms in total. The number of nitrogens with one attached hydrogen (secondary N) is 3. The molecule has 5 fully saturated rings. The maximum atomic E-state index is 13.3. The molecule has 146 valence electrons. The molecule has 1 saturated heterocycles. The fourth-order valence-electron chi connectivity index (χ4n) is 6.48. The summed E-state index contributed by atoms with van der Waals surface area (Å²) in [6.45, 7) is 5.93. The van der Waals surface area contributed by atoms with Gasteiger partial charge in [-0.2, -0.15) is 0 Å². The first-order valence-electron chi connectivity index (χ1n) is 10.8. The van der Waals surface area contributed by atoms with Gasteiger partial charge in [-0.3, -0.25) is 9.59 Å². The zero-order chi connectivity index (χ0) is 18.3. The molecular weight excluding hydrogens is 326 g/mol. The van der Waals surface area contributed by atoms with Gasteiger partial charge in [0.25, 0.3) is 0 Å². The van der Waals surface area contributed by atoms with Gasteiger partial charge in [-0.05, 0) is 81.6 Å². The van der Waals surface area contributed by atoms with Crippen molar-refractivity contribution in [3.63, 3.8) is 0 Å². The Labute approximate surface area is 157 Å². The summed E-state index contributed by atoms with van der Waals surface area (Å²) in [5, 5.41) is 9.69. The fraction of sp³-hybridized carbons (Fsp3) is 0.905. The first kappa shape index (κ1) is 18.3. The third kappa shape index (κ3) is 3.51. The van der Waals surface area contributed by atoms with Gasteiger partial charge in [0.2, 0.25) is 11.8 Å². The topological polar surface area (TPSA) is 70.2 Å². The van der Waals surface area contributed by atoms with E-state index in [0.29, 0.717) is 0 Å². The Morgan fingerprint density at radius 3 is 2.15 bits per heavy atom. The van der Waals surface area contributed by atoms with Crippen molar-refractivity contribution >= 4 is 11.8 Å². The standard InChI is InChI=1S/C21H35N3O2/c1-13(2)18(19(25)23-17-4-3-5-22-12-17)24-20(26)21-9-14-6-15(10-21)8-16(7-14)11-21/h13-18,22H,3-12H2,1-2H3,(H,23,25)(H,24,26). The van der Waals surface area contributed by atoms with E-state index >= 15 is 0 Å². The van der Waals surface area contributed by atoms with Gasteiger partial charge < -0.3 is 16.0 Å². The van der Waals surface area contributed by atoms with Crippen molar-refractivity contribution in [2.75, 3.05) is 13.1 Å². The molecule has 5 rings (SSSR count). The Kier molecular flexibility index (Phi) is 5.02. The lowest BCUT2D eigenvalue weighted by atomic mass is 9.49. The third-order valence-electron chi connectivity index (χ3n) is 7.40. The number of hydrogen-bond donors (Lipinski definition) is 3. The van der Waals surface area contributed by atoms with Gasteiger partial charge in [0.1, 0.15) is 6.04 Å². The van der Waals surface area contributed by atoms with Crippen LogP contribution < -0.4 is 16.0 Å². The van der Waals surface area contributed by atoms with Crippen molar-refractivity contribution in [1.82, 2.24) is 16.0 Å². The van der Waals surface area contributed by atoms with E-state index in [1.165, 1.54) is 19.3 Å². The maximum Gasteiger partial charge on any atom is 0.243 e. The molecule has 4 aliphatic carbocycles. The zero-order valence-electron chi connectivity index (χ0n) is 16.4. The van der Waals surface area contributed by atoms with Crippen LogP contribution in [0.4, 0.5) is 0 Å². The molecule has 2 atom stereocenters. The molecule has 0 radical (unpaired) electrons. The number of carbonyl (C=O) groups excluding carboxylic acids is 2. The molecule has 0 aromatic heterocycles. The Morgan fingerprint density at radius 1 is 1.04 bits per heavy atom. The van der Waals surface area contributed by atoms with E-state index in [4.69, 9.17) is 0 Å². The summed E-state index contributed by atoms with van der Waals surface area (Å²) in [4.78, 5) is 26.2. The van der Waals surface area contributed by atoms with Crippen LogP contribution in [0.5, 0.6) is 0 Å². The number of hydrogen-bond acceptors (Lipinski definition) is 3. The Morgan fingerprint density at radius 2 is 1.65 bits per heavy atom. The van der Waals surface area contributed by atoms with E-state index in [-0.39, 0.29) is 29.2 Å². The van der Waals surface area contributed by atoms with Crippen molar-refractivity contribution in [3.8, 4) is 0 Å².